The minimum atomic E-state index is 0.645. The molecule has 0 radical (unpaired) electrons. The molecule has 6 nitrogen and oxygen atoms in total. The van der Waals surface area contributed by atoms with Crippen LogP contribution in [0.1, 0.15) is 33.1 Å². The Balaban J connectivity index is 2.02. The Kier molecular flexibility index (Phi) is 4.98. The molecule has 0 amide bonds. The minimum absolute atomic E-state index is 0.645. The van der Waals surface area contributed by atoms with Gasteiger partial charge >= 0.3 is 0 Å². The van der Waals surface area contributed by atoms with Gasteiger partial charge in [-0.05, 0) is 31.1 Å². The Bertz CT molecular complexity index is 430. The Labute approximate surface area is 121 Å². The molecule has 1 aliphatic carbocycles. The number of nitrogens with one attached hydrogen (secondary N) is 2. The second-order valence-electron chi connectivity index (χ2n) is 5.80. The summed E-state index contributed by atoms with van der Waals surface area (Å²) in [6.07, 6.45) is 3.78. The monoisotopic (exact) mass is 278 g/mol. The minimum Gasteiger partial charge on any atom is -0.354 e. The van der Waals surface area contributed by atoms with Gasteiger partial charge in [0.1, 0.15) is 0 Å². The van der Waals surface area contributed by atoms with E-state index >= 15 is 0 Å². The average molecular weight is 278 g/mol. The first-order chi connectivity index (χ1) is 9.60. The predicted molar refractivity (Wildman–Crippen MR) is 83.3 cm³/mol. The molecular formula is C14H26N6. The number of hydrogen-bond donors (Lipinski definition) is 2. The van der Waals surface area contributed by atoms with Crippen molar-refractivity contribution >= 4 is 17.8 Å². The molecule has 0 aliphatic heterocycles. The van der Waals surface area contributed by atoms with Gasteiger partial charge in [0.2, 0.25) is 17.8 Å². The summed E-state index contributed by atoms with van der Waals surface area (Å²) in [6.45, 7) is 6.20. The standard InChI is InChI=1S/C14H26N6/c1-5-8-15-12-17-13(19-14(18-12)20(3)4)16-9-10(2)11-6-7-11/h10-11H,5-9H2,1-4H3,(H2,15,16,17,18,19). The van der Waals surface area contributed by atoms with Crippen LogP contribution in [0.4, 0.5) is 17.8 Å². The molecule has 1 saturated carbocycles. The summed E-state index contributed by atoms with van der Waals surface area (Å²) in [7, 11) is 3.88. The van der Waals surface area contributed by atoms with Gasteiger partial charge in [0, 0.05) is 27.2 Å². The second-order valence-corrected chi connectivity index (χ2v) is 5.80. The molecule has 112 valence electrons. The van der Waals surface area contributed by atoms with E-state index in [1.807, 2.05) is 19.0 Å². The van der Waals surface area contributed by atoms with E-state index in [4.69, 9.17) is 0 Å². The molecule has 0 aromatic carbocycles. The molecule has 1 unspecified atom stereocenters. The molecule has 1 atom stereocenters. The van der Waals surface area contributed by atoms with Gasteiger partial charge in [-0.15, -0.1) is 0 Å². The third-order valence-electron chi connectivity index (χ3n) is 3.57. The van der Waals surface area contributed by atoms with Gasteiger partial charge < -0.3 is 15.5 Å². The van der Waals surface area contributed by atoms with Crippen molar-refractivity contribution in [3.05, 3.63) is 0 Å². The zero-order valence-electron chi connectivity index (χ0n) is 13.0. The Morgan fingerprint density at radius 3 is 2.35 bits per heavy atom. The van der Waals surface area contributed by atoms with Crippen LogP contribution >= 0.6 is 0 Å². The molecular weight excluding hydrogens is 252 g/mol. The fraction of sp³-hybridized carbons (Fsp3) is 0.786. The van der Waals surface area contributed by atoms with E-state index in [0.717, 1.165) is 25.4 Å². The zero-order chi connectivity index (χ0) is 14.5. The van der Waals surface area contributed by atoms with Crippen LogP contribution in [0.15, 0.2) is 0 Å². The van der Waals surface area contributed by atoms with Gasteiger partial charge in [0.25, 0.3) is 0 Å². The third kappa shape index (κ3) is 4.21. The molecule has 2 rings (SSSR count). The van der Waals surface area contributed by atoms with Crippen LogP contribution in [0.5, 0.6) is 0 Å². The summed E-state index contributed by atoms with van der Waals surface area (Å²) in [5, 5.41) is 6.57. The Hall–Kier alpha value is -1.59. The van der Waals surface area contributed by atoms with Crippen molar-refractivity contribution in [1.29, 1.82) is 0 Å². The van der Waals surface area contributed by atoms with Crippen molar-refractivity contribution < 1.29 is 0 Å². The molecule has 1 heterocycles. The first-order valence-electron chi connectivity index (χ1n) is 7.51. The zero-order valence-corrected chi connectivity index (χ0v) is 13.0. The van der Waals surface area contributed by atoms with Crippen LogP contribution in [-0.2, 0) is 0 Å². The summed E-state index contributed by atoms with van der Waals surface area (Å²) in [6, 6.07) is 0. The van der Waals surface area contributed by atoms with E-state index in [1.54, 1.807) is 0 Å². The molecule has 0 bridgehead atoms. The number of anilines is 3. The first kappa shape index (κ1) is 14.8. The van der Waals surface area contributed by atoms with E-state index in [2.05, 4.69) is 39.4 Å². The van der Waals surface area contributed by atoms with Crippen molar-refractivity contribution in [2.24, 2.45) is 11.8 Å². The number of aromatic nitrogens is 3. The largest absolute Gasteiger partial charge is 0.354 e. The topological polar surface area (TPSA) is 66.0 Å². The predicted octanol–water partition coefficient (Wildman–Crippen LogP) is 2.22. The van der Waals surface area contributed by atoms with Crippen molar-refractivity contribution in [3.8, 4) is 0 Å². The smallest absolute Gasteiger partial charge is 0.231 e. The van der Waals surface area contributed by atoms with E-state index in [1.165, 1.54) is 12.8 Å². The van der Waals surface area contributed by atoms with E-state index in [9.17, 15) is 0 Å². The van der Waals surface area contributed by atoms with Crippen LogP contribution in [0.2, 0.25) is 0 Å². The van der Waals surface area contributed by atoms with Gasteiger partial charge in [-0.25, -0.2) is 0 Å². The van der Waals surface area contributed by atoms with Gasteiger partial charge in [-0.2, -0.15) is 15.0 Å². The first-order valence-corrected chi connectivity index (χ1v) is 7.51. The van der Waals surface area contributed by atoms with E-state index in [0.29, 0.717) is 23.8 Å². The van der Waals surface area contributed by atoms with Crippen LogP contribution in [0.25, 0.3) is 0 Å². The molecule has 20 heavy (non-hydrogen) atoms. The highest BCUT2D eigenvalue weighted by Gasteiger charge is 2.27. The molecule has 0 spiro atoms. The number of rotatable bonds is 8. The molecule has 6 heteroatoms. The maximum Gasteiger partial charge on any atom is 0.231 e. The summed E-state index contributed by atoms with van der Waals surface area (Å²) in [5.74, 6) is 3.55. The maximum atomic E-state index is 4.45. The highest BCUT2D eigenvalue weighted by Crippen LogP contribution is 2.36. The third-order valence-corrected chi connectivity index (χ3v) is 3.57. The van der Waals surface area contributed by atoms with Crippen molar-refractivity contribution in [2.75, 3.05) is 42.7 Å². The fourth-order valence-corrected chi connectivity index (χ4v) is 2.04. The number of nitrogens with zero attached hydrogens (tertiary/aromatic N) is 4. The number of hydrogen-bond acceptors (Lipinski definition) is 6. The van der Waals surface area contributed by atoms with Gasteiger partial charge in [0.15, 0.2) is 0 Å². The van der Waals surface area contributed by atoms with Gasteiger partial charge in [0.05, 0.1) is 0 Å². The molecule has 1 fully saturated rings. The molecule has 1 aromatic heterocycles. The average Bonchev–Trinajstić information content (AvgIpc) is 3.26. The highest BCUT2D eigenvalue weighted by molar-refractivity contribution is 5.42. The Morgan fingerprint density at radius 2 is 1.80 bits per heavy atom. The van der Waals surface area contributed by atoms with Crippen LogP contribution in [0, 0.1) is 11.8 Å². The lowest BCUT2D eigenvalue weighted by atomic mass is 10.1. The lowest BCUT2D eigenvalue weighted by Gasteiger charge is -2.15. The quantitative estimate of drug-likeness (QED) is 0.760. The van der Waals surface area contributed by atoms with Crippen LogP contribution in [0.3, 0.4) is 0 Å². The van der Waals surface area contributed by atoms with Crippen molar-refractivity contribution in [3.63, 3.8) is 0 Å². The summed E-state index contributed by atoms with van der Waals surface area (Å²) in [5.41, 5.74) is 0. The lowest BCUT2D eigenvalue weighted by molar-refractivity contribution is 0.535. The van der Waals surface area contributed by atoms with Gasteiger partial charge in [-0.1, -0.05) is 13.8 Å². The van der Waals surface area contributed by atoms with Crippen LogP contribution < -0.4 is 15.5 Å². The SMILES string of the molecule is CCCNc1nc(NCC(C)C2CC2)nc(N(C)C)n1. The normalized spacial score (nSPS) is 15.8. The summed E-state index contributed by atoms with van der Waals surface area (Å²) < 4.78 is 0. The van der Waals surface area contributed by atoms with Crippen molar-refractivity contribution in [2.45, 2.75) is 33.1 Å². The molecule has 1 aliphatic rings. The molecule has 1 aromatic rings. The summed E-state index contributed by atoms with van der Waals surface area (Å²) >= 11 is 0. The Morgan fingerprint density at radius 1 is 1.15 bits per heavy atom. The fourth-order valence-electron chi connectivity index (χ4n) is 2.04. The summed E-state index contributed by atoms with van der Waals surface area (Å²) in [4.78, 5) is 15.2. The maximum absolute atomic E-state index is 4.45. The van der Waals surface area contributed by atoms with E-state index < -0.39 is 0 Å². The second kappa shape index (κ2) is 6.72. The molecule has 2 N–H and O–H groups in total. The van der Waals surface area contributed by atoms with Crippen LogP contribution in [-0.4, -0.2) is 42.1 Å². The lowest BCUT2D eigenvalue weighted by Crippen LogP contribution is -2.19. The highest BCUT2D eigenvalue weighted by atomic mass is 15.3. The van der Waals surface area contributed by atoms with Crippen molar-refractivity contribution in [1.82, 2.24) is 15.0 Å². The molecule has 0 saturated heterocycles. The van der Waals surface area contributed by atoms with Gasteiger partial charge in [-0.3, -0.25) is 0 Å². The van der Waals surface area contributed by atoms with E-state index in [-0.39, 0.29) is 0 Å².